The van der Waals surface area contributed by atoms with Crippen molar-refractivity contribution in [2.75, 3.05) is 6.61 Å². The number of carbonyl (C=O) groups excluding carboxylic acids is 1. The molecule has 1 heterocycles. The first-order valence-corrected chi connectivity index (χ1v) is 7.69. The summed E-state index contributed by atoms with van der Waals surface area (Å²) in [6.07, 6.45) is 0.453. The zero-order chi connectivity index (χ0) is 16.8. The lowest BCUT2D eigenvalue weighted by atomic mass is 10.1. The molecule has 0 aliphatic heterocycles. The molecule has 6 heteroatoms. The number of rotatable bonds is 7. The van der Waals surface area contributed by atoms with Gasteiger partial charge in [-0.3, -0.25) is 4.79 Å². The Morgan fingerprint density at radius 2 is 2.04 bits per heavy atom. The Kier molecular flexibility index (Phi) is 5.90. The first-order valence-electron chi connectivity index (χ1n) is 7.69. The number of oxazole rings is 1. The van der Waals surface area contributed by atoms with Crippen molar-refractivity contribution in [3.8, 4) is 11.5 Å². The molecule has 0 aliphatic rings. The van der Waals surface area contributed by atoms with Crippen LogP contribution in [-0.4, -0.2) is 39.9 Å². The second-order valence-corrected chi connectivity index (χ2v) is 5.42. The highest BCUT2D eigenvalue weighted by atomic mass is 16.4. The number of nitrogens with one attached hydrogen (secondary N) is 1. The minimum absolute atomic E-state index is 0.0889. The Balaban J connectivity index is 2.15. The van der Waals surface area contributed by atoms with E-state index in [-0.39, 0.29) is 12.4 Å². The van der Waals surface area contributed by atoms with Gasteiger partial charge in [0.15, 0.2) is 0 Å². The molecular formula is C17H22N2O4. The van der Waals surface area contributed by atoms with E-state index in [1.165, 1.54) is 0 Å². The molecule has 6 nitrogen and oxygen atoms in total. The van der Waals surface area contributed by atoms with Crippen molar-refractivity contribution < 1.29 is 19.4 Å². The predicted molar refractivity (Wildman–Crippen MR) is 85.9 cm³/mol. The maximum absolute atomic E-state index is 12.3. The standard InChI is InChI=1S/C17H22N2O4/c1-3-7-14(21)13(10-20)19-16(22)15-11(2)18-17(23-15)12-8-5-4-6-9-12/h4-6,8-9,13-14,20-21H,3,7,10H2,1-2H3,(H,19,22). The molecular weight excluding hydrogens is 296 g/mol. The Hall–Kier alpha value is -2.18. The predicted octanol–water partition coefficient (Wildman–Crippen LogP) is 1.90. The van der Waals surface area contributed by atoms with Gasteiger partial charge in [0, 0.05) is 5.56 Å². The zero-order valence-electron chi connectivity index (χ0n) is 13.3. The molecule has 3 N–H and O–H groups in total. The number of hydrogen-bond donors (Lipinski definition) is 3. The number of aromatic nitrogens is 1. The van der Waals surface area contributed by atoms with Crippen LogP contribution in [0.25, 0.3) is 11.5 Å². The Labute approximate surface area is 135 Å². The molecule has 2 aromatic rings. The van der Waals surface area contributed by atoms with Crippen molar-refractivity contribution in [1.29, 1.82) is 0 Å². The van der Waals surface area contributed by atoms with Gasteiger partial charge in [-0.15, -0.1) is 0 Å². The normalized spacial score (nSPS) is 13.6. The van der Waals surface area contributed by atoms with Crippen molar-refractivity contribution in [2.24, 2.45) is 0 Å². The second kappa shape index (κ2) is 7.89. The number of benzene rings is 1. The topological polar surface area (TPSA) is 95.6 Å². The Bertz CT molecular complexity index is 639. The molecule has 0 bridgehead atoms. The first kappa shape index (κ1) is 17.2. The van der Waals surface area contributed by atoms with Crippen LogP contribution < -0.4 is 5.32 Å². The van der Waals surface area contributed by atoms with Crippen molar-refractivity contribution in [1.82, 2.24) is 10.3 Å². The molecule has 0 aliphatic carbocycles. The minimum atomic E-state index is -0.800. The van der Waals surface area contributed by atoms with Gasteiger partial charge in [0.25, 0.3) is 5.91 Å². The molecule has 1 aromatic carbocycles. The van der Waals surface area contributed by atoms with E-state index in [1.807, 2.05) is 37.3 Å². The van der Waals surface area contributed by atoms with Gasteiger partial charge in [-0.1, -0.05) is 31.5 Å². The quantitative estimate of drug-likeness (QED) is 0.724. The molecule has 2 atom stereocenters. The summed E-state index contributed by atoms with van der Waals surface area (Å²) < 4.78 is 5.56. The lowest BCUT2D eigenvalue weighted by Gasteiger charge is -2.21. The zero-order valence-corrected chi connectivity index (χ0v) is 13.3. The van der Waals surface area contributed by atoms with Crippen LogP contribution in [0.1, 0.15) is 36.0 Å². The minimum Gasteiger partial charge on any atom is -0.431 e. The molecule has 1 aromatic heterocycles. The summed E-state index contributed by atoms with van der Waals surface area (Å²) in [5.74, 6) is -0.0414. The van der Waals surface area contributed by atoms with E-state index in [4.69, 9.17) is 4.42 Å². The van der Waals surface area contributed by atoms with Crippen LogP contribution in [0.3, 0.4) is 0 Å². The molecule has 1 amide bonds. The molecule has 124 valence electrons. The van der Waals surface area contributed by atoms with Gasteiger partial charge < -0.3 is 19.9 Å². The highest BCUT2D eigenvalue weighted by Crippen LogP contribution is 2.21. The summed E-state index contributed by atoms with van der Waals surface area (Å²) in [5, 5.41) is 21.9. The van der Waals surface area contributed by atoms with E-state index in [1.54, 1.807) is 6.92 Å². The van der Waals surface area contributed by atoms with Crippen molar-refractivity contribution in [3.05, 3.63) is 41.8 Å². The highest BCUT2D eigenvalue weighted by Gasteiger charge is 2.24. The molecule has 2 rings (SSSR count). The van der Waals surface area contributed by atoms with Crippen LogP contribution >= 0.6 is 0 Å². The maximum atomic E-state index is 12.3. The van der Waals surface area contributed by atoms with Crippen LogP contribution in [0.4, 0.5) is 0 Å². The fourth-order valence-corrected chi connectivity index (χ4v) is 2.31. The van der Waals surface area contributed by atoms with Crippen molar-refractivity contribution >= 4 is 5.91 Å². The third kappa shape index (κ3) is 4.18. The van der Waals surface area contributed by atoms with Gasteiger partial charge in [0.2, 0.25) is 11.7 Å². The maximum Gasteiger partial charge on any atom is 0.289 e. The van der Waals surface area contributed by atoms with Gasteiger partial charge in [-0.2, -0.15) is 0 Å². The third-order valence-corrected chi connectivity index (χ3v) is 3.59. The lowest BCUT2D eigenvalue weighted by molar-refractivity contribution is 0.0652. The van der Waals surface area contributed by atoms with Gasteiger partial charge >= 0.3 is 0 Å². The SMILES string of the molecule is CCCC(O)C(CO)NC(=O)c1oc(-c2ccccc2)nc1C. The van der Waals surface area contributed by atoms with Gasteiger partial charge in [0.1, 0.15) is 0 Å². The van der Waals surface area contributed by atoms with Gasteiger partial charge in [-0.05, 0) is 25.5 Å². The molecule has 0 saturated carbocycles. The first-order chi connectivity index (χ1) is 11.1. The van der Waals surface area contributed by atoms with Crippen LogP contribution in [0.2, 0.25) is 0 Å². The van der Waals surface area contributed by atoms with Crippen molar-refractivity contribution in [3.63, 3.8) is 0 Å². The summed E-state index contributed by atoms with van der Waals surface area (Å²) in [6, 6.07) is 8.55. The fraction of sp³-hybridized carbons (Fsp3) is 0.412. The van der Waals surface area contributed by atoms with Crippen LogP contribution in [0.15, 0.2) is 34.7 Å². The third-order valence-electron chi connectivity index (χ3n) is 3.59. The number of hydrogen-bond acceptors (Lipinski definition) is 5. The van der Waals surface area contributed by atoms with E-state index in [2.05, 4.69) is 10.3 Å². The molecule has 0 radical (unpaired) electrons. The number of amides is 1. The summed E-state index contributed by atoms with van der Waals surface area (Å²) in [4.78, 5) is 16.6. The number of aliphatic hydroxyl groups is 2. The van der Waals surface area contributed by atoms with Crippen LogP contribution in [0.5, 0.6) is 0 Å². The van der Waals surface area contributed by atoms with Crippen LogP contribution in [0, 0.1) is 6.92 Å². The molecule has 0 saturated heterocycles. The summed E-state index contributed by atoms with van der Waals surface area (Å²) in [5.41, 5.74) is 1.24. The molecule has 0 spiro atoms. The number of nitrogens with zero attached hydrogens (tertiary/aromatic N) is 1. The average Bonchev–Trinajstić information content (AvgIpc) is 2.95. The summed E-state index contributed by atoms with van der Waals surface area (Å²) in [7, 11) is 0. The Morgan fingerprint density at radius 3 is 2.65 bits per heavy atom. The average molecular weight is 318 g/mol. The monoisotopic (exact) mass is 318 g/mol. The largest absolute Gasteiger partial charge is 0.431 e. The number of carbonyl (C=O) groups is 1. The van der Waals surface area contributed by atoms with E-state index >= 15 is 0 Å². The smallest absolute Gasteiger partial charge is 0.289 e. The summed E-state index contributed by atoms with van der Waals surface area (Å²) >= 11 is 0. The van der Waals surface area contributed by atoms with E-state index in [9.17, 15) is 15.0 Å². The fourth-order valence-electron chi connectivity index (χ4n) is 2.31. The second-order valence-electron chi connectivity index (χ2n) is 5.42. The van der Waals surface area contributed by atoms with Gasteiger partial charge in [-0.25, -0.2) is 4.98 Å². The number of aryl methyl sites for hydroxylation is 1. The summed E-state index contributed by atoms with van der Waals surface area (Å²) in [6.45, 7) is 3.26. The Morgan fingerprint density at radius 1 is 1.35 bits per heavy atom. The molecule has 2 unspecified atom stereocenters. The van der Waals surface area contributed by atoms with E-state index in [0.29, 0.717) is 18.0 Å². The van der Waals surface area contributed by atoms with E-state index in [0.717, 1.165) is 12.0 Å². The molecule has 23 heavy (non-hydrogen) atoms. The highest BCUT2D eigenvalue weighted by molar-refractivity contribution is 5.93. The number of aliphatic hydroxyl groups excluding tert-OH is 2. The lowest BCUT2D eigenvalue weighted by Crippen LogP contribution is -2.45. The van der Waals surface area contributed by atoms with Crippen LogP contribution in [-0.2, 0) is 0 Å². The van der Waals surface area contributed by atoms with Gasteiger partial charge in [0.05, 0.1) is 24.4 Å². The van der Waals surface area contributed by atoms with E-state index < -0.39 is 18.1 Å². The molecule has 0 fully saturated rings. The van der Waals surface area contributed by atoms with Crippen molar-refractivity contribution in [2.45, 2.75) is 38.8 Å².